The minimum absolute atomic E-state index is 0.316. The molecule has 2 rings (SSSR count). The van der Waals surface area contributed by atoms with Crippen LogP contribution < -0.4 is 5.32 Å². The van der Waals surface area contributed by atoms with Crippen molar-refractivity contribution in [2.45, 2.75) is 47.0 Å². The van der Waals surface area contributed by atoms with E-state index >= 15 is 0 Å². The van der Waals surface area contributed by atoms with Crippen molar-refractivity contribution in [3.63, 3.8) is 0 Å². The maximum Gasteiger partial charge on any atom is 0.222 e. The average molecular weight is 288 g/mol. The molecule has 0 spiro atoms. The predicted octanol–water partition coefficient (Wildman–Crippen LogP) is 2.67. The summed E-state index contributed by atoms with van der Waals surface area (Å²) in [4.78, 5) is 14.2. The van der Waals surface area contributed by atoms with Gasteiger partial charge in [0.05, 0.1) is 0 Å². The molecule has 3 nitrogen and oxygen atoms in total. The third kappa shape index (κ3) is 3.85. The number of aryl methyl sites for hydroxylation is 2. The summed E-state index contributed by atoms with van der Waals surface area (Å²) < 4.78 is 0. The monoisotopic (exact) mass is 288 g/mol. The number of benzene rings is 1. The van der Waals surface area contributed by atoms with E-state index in [1.54, 1.807) is 0 Å². The van der Waals surface area contributed by atoms with Crippen LogP contribution in [0.3, 0.4) is 0 Å². The fourth-order valence-corrected chi connectivity index (χ4v) is 3.16. The molecule has 1 saturated heterocycles. The highest BCUT2D eigenvalue weighted by Crippen LogP contribution is 2.23. The molecule has 0 radical (unpaired) electrons. The second-order valence-corrected chi connectivity index (χ2v) is 6.22. The predicted molar refractivity (Wildman–Crippen MR) is 87.8 cm³/mol. The fraction of sp³-hybridized carbons (Fsp3) is 0.611. The molecule has 1 heterocycles. The molecule has 1 N–H and O–H groups in total. The maximum absolute atomic E-state index is 12.2. The molecule has 1 amide bonds. The summed E-state index contributed by atoms with van der Waals surface area (Å²) >= 11 is 0. The van der Waals surface area contributed by atoms with Crippen LogP contribution in [0.2, 0.25) is 0 Å². The zero-order valence-electron chi connectivity index (χ0n) is 13.9. The number of nitrogens with one attached hydrogen (secondary N) is 1. The van der Waals surface area contributed by atoms with E-state index in [9.17, 15) is 4.79 Å². The van der Waals surface area contributed by atoms with Crippen LogP contribution >= 0.6 is 0 Å². The molecule has 0 aliphatic carbocycles. The van der Waals surface area contributed by atoms with Gasteiger partial charge < -0.3 is 10.2 Å². The molecule has 1 fully saturated rings. The lowest BCUT2D eigenvalue weighted by atomic mass is 9.91. The molecule has 21 heavy (non-hydrogen) atoms. The minimum atomic E-state index is 0.316. The van der Waals surface area contributed by atoms with Gasteiger partial charge in [-0.1, -0.05) is 6.07 Å². The Hall–Kier alpha value is -1.35. The molecule has 116 valence electrons. The zero-order valence-corrected chi connectivity index (χ0v) is 13.9. The summed E-state index contributed by atoms with van der Waals surface area (Å²) in [6.45, 7) is 12.3. The summed E-state index contributed by atoms with van der Waals surface area (Å²) in [5.41, 5.74) is 6.96. The Morgan fingerprint density at radius 1 is 1.10 bits per heavy atom. The van der Waals surface area contributed by atoms with Gasteiger partial charge in [0, 0.05) is 32.6 Å². The molecule has 1 aliphatic rings. The molecule has 0 aromatic heterocycles. The van der Waals surface area contributed by atoms with E-state index in [1.165, 1.54) is 27.8 Å². The van der Waals surface area contributed by atoms with Crippen LogP contribution in [0.25, 0.3) is 0 Å². The highest BCUT2D eigenvalue weighted by molar-refractivity contribution is 5.76. The number of carbonyl (C=O) groups is 1. The Morgan fingerprint density at radius 2 is 1.67 bits per heavy atom. The Kier molecular flexibility index (Phi) is 5.40. The summed E-state index contributed by atoms with van der Waals surface area (Å²) in [5, 5.41) is 3.29. The van der Waals surface area contributed by atoms with Crippen LogP contribution in [-0.4, -0.2) is 37.0 Å². The number of amides is 1. The summed E-state index contributed by atoms with van der Waals surface area (Å²) in [6.07, 6.45) is 2.64. The van der Waals surface area contributed by atoms with Crippen molar-refractivity contribution in [2.24, 2.45) is 0 Å². The molecular weight excluding hydrogens is 260 g/mol. The normalized spacial score (nSPS) is 15.3. The van der Waals surface area contributed by atoms with Gasteiger partial charge in [-0.2, -0.15) is 0 Å². The highest BCUT2D eigenvalue weighted by atomic mass is 16.2. The average Bonchev–Trinajstić information content (AvgIpc) is 2.49. The Morgan fingerprint density at radius 3 is 2.24 bits per heavy atom. The van der Waals surface area contributed by atoms with E-state index in [2.05, 4.69) is 39.1 Å². The highest BCUT2D eigenvalue weighted by Gasteiger charge is 2.16. The maximum atomic E-state index is 12.2. The van der Waals surface area contributed by atoms with Gasteiger partial charge in [0.2, 0.25) is 5.91 Å². The molecule has 0 saturated carbocycles. The lowest BCUT2D eigenvalue weighted by Crippen LogP contribution is -2.46. The number of hydrogen-bond acceptors (Lipinski definition) is 2. The van der Waals surface area contributed by atoms with Crippen molar-refractivity contribution in [3.8, 4) is 0 Å². The van der Waals surface area contributed by atoms with Gasteiger partial charge in [0.15, 0.2) is 0 Å². The second-order valence-electron chi connectivity index (χ2n) is 6.22. The van der Waals surface area contributed by atoms with Crippen LogP contribution in [0.5, 0.6) is 0 Å². The third-order valence-corrected chi connectivity index (χ3v) is 4.81. The van der Waals surface area contributed by atoms with Crippen LogP contribution in [0, 0.1) is 27.7 Å². The first kappa shape index (κ1) is 16.0. The van der Waals surface area contributed by atoms with E-state index in [-0.39, 0.29) is 0 Å². The van der Waals surface area contributed by atoms with Crippen molar-refractivity contribution >= 4 is 5.91 Å². The lowest BCUT2D eigenvalue weighted by Gasteiger charge is -2.27. The van der Waals surface area contributed by atoms with E-state index in [4.69, 9.17) is 0 Å². The van der Waals surface area contributed by atoms with Gasteiger partial charge in [0.25, 0.3) is 0 Å². The van der Waals surface area contributed by atoms with E-state index in [0.29, 0.717) is 12.3 Å². The standard InChI is InChI=1S/C18H28N2O/c1-13-12-14(2)16(4)17(15(13)3)6-5-7-18(21)20-10-8-19-9-11-20/h12,19H,5-11H2,1-4H3. The fourth-order valence-electron chi connectivity index (χ4n) is 3.16. The van der Waals surface area contributed by atoms with Gasteiger partial charge in [-0.05, 0) is 68.4 Å². The van der Waals surface area contributed by atoms with E-state index in [0.717, 1.165) is 39.0 Å². The number of hydrogen-bond donors (Lipinski definition) is 1. The Bertz CT molecular complexity index is 490. The Labute approximate surface area is 128 Å². The molecule has 1 aromatic rings. The van der Waals surface area contributed by atoms with Crippen molar-refractivity contribution < 1.29 is 4.79 Å². The molecular formula is C18H28N2O. The quantitative estimate of drug-likeness (QED) is 0.924. The van der Waals surface area contributed by atoms with Crippen molar-refractivity contribution in [1.29, 1.82) is 0 Å². The van der Waals surface area contributed by atoms with Crippen molar-refractivity contribution in [3.05, 3.63) is 33.9 Å². The van der Waals surface area contributed by atoms with Gasteiger partial charge in [-0.15, -0.1) is 0 Å². The van der Waals surface area contributed by atoms with Crippen LogP contribution in [0.15, 0.2) is 6.07 Å². The van der Waals surface area contributed by atoms with Crippen LogP contribution in [0.1, 0.15) is 40.7 Å². The molecule has 3 heteroatoms. The third-order valence-electron chi connectivity index (χ3n) is 4.81. The first-order chi connectivity index (χ1) is 10.0. The number of nitrogens with zero attached hydrogens (tertiary/aromatic N) is 1. The Balaban J connectivity index is 1.93. The van der Waals surface area contributed by atoms with Gasteiger partial charge in [0.1, 0.15) is 0 Å². The molecule has 0 atom stereocenters. The van der Waals surface area contributed by atoms with Gasteiger partial charge in [-0.3, -0.25) is 4.79 Å². The minimum Gasteiger partial charge on any atom is -0.340 e. The zero-order chi connectivity index (χ0) is 15.4. The van der Waals surface area contributed by atoms with Crippen molar-refractivity contribution in [2.75, 3.05) is 26.2 Å². The number of rotatable bonds is 4. The number of piperazine rings is 1. The summed E-state index contributed by atoms with van der Waals surface area (Å²) in [7, 11) is 0. The molecule has 0 unspecified atom stereocenters. The number of carbonyl (C=O) groups excluding carboxylic acids is 1. The summed E-state index contributed by atoms with van der Waals surface area (Å²) in [6, 6.07) is 2.26. The largest absolute Gasteiger partial charge is 0.340 e. The van der Waals surface area contributed by atoms with E-state index < -0.39 is 0 Å². The SMILES string of the molecule is Cc1cc(C)c(C)c(CCCC(=O)N2CCNCC2)c1C. The molecule has 1 aromatic carbocycles. The molecule has 1 aliphatic heterocycles. The van der Waals surface area contributed by atoms with Gasteiger partial charge in [-0.25, -0.2) is 0 Å². The first-order valence-electron chi connectivity index (χ1n) is 8.05. The lowest BCUT2D eigenvalue weighted by molar-refractivity contribution is -0.131. The summed E-state index contributed by atoms with van der Waals surface area (Å²) in [5.74, 6) is 0.316. The van der Waals surface area contributed by atoms with Crippen LogP contribution in [0.4, 0.5) is 0 Å². The van der Waals surface area contributed by atoms with Crippen molar-refractivity contribution in [1.82, 2.24) is 10.2 Å². The van der Waals surface area contributed by atoms with E-state index in [1.807, 2.05) is 4.90 Å². The molecule has 0 bridgehead atoms. The first-order valence-corrected chi connectivity index (χ1v) is 8.05. The smallest absolute Gasteiger partial charge is 0.222 e. The topological polar surface area (TPSA) is 32.3 Å². The van der Waals surface area contributed by atoms with Gasteiger partial charge >= 0.3 is 0 Å². The second kappa shape index (κ2) is 7.08. The van der Waals surface area contributed by atoms with Crippen LogP contribution in [-0.2, 0) is 11.2 Å².